The molecular weight excluding hydrogens is 198 g/mol. The van der Waals surface area contributed by atoms with E-state index in [1.807, 2.05) is 18.2 Å². The van der Waals surface area contributed by atoms with Gasteiger partial charge in [-0.25, -0.2) is 0 Å². The molecule has 0 unspecified atom stereocenters. The first-order valence-electron chi connectivity index (χ1n) is 6.30. The summed E-state index contributed by atoms with van der Waals surface area (Å²) in [6.45, 7) is 2.28. The summed E-state index contributed by atoms with van der Waals surface area (Å²) in [6, 6.07) is 10.8. The lowest BCUT2D eigenvalue weighted by Crippen LogP contribution is -2.45. The third-order valence-corrected chi connectivity index (χ3v) is 4.20. The number of hydrogen-bond acceptors (Lipinski definition) is 2. The number of rotatable bonds is 1. The normalized spacial score (nSPS) is 34.9. The quantitative estimate of drug-likeness (QED) is 0.779. The lowest BCUT2D eigenvalue weighted by Gasteiger charge is -2.41. The van der Waals surface area contributed by atoms with Gasteiger partial charge in [0.15, 0.2) is 0 Å². The number of nitrogens with zero attached hydrogens (tertiary/aromatic N) is 1. The Morgan fingerprint density at radius 1 is 1.19 bits per heavy atom. The van der Waals surface area contributed by atoms with Crippen molar-refractivity contribution in [1.29, 1.82) is 0 Å². The van der Waals surface area contributed by atoms with E-state index in [-0.39, 0.29) is 0 Å². The van der Waals surface area contributed by atoms with Gasteiger partial charge in [-0.3, -0.25) is 0 Å². The molecule has 0 aliphatic carbocycles. The van der Waals surface area contributed by atoms with Gasteiger partial charge in [0.1, 0.15) is 0 Å². The number of piperidine rings is 1. The second-order valence-corrected chi connectivity index (χ2v) is 5.18. The fraction of sp³-hybridized carbons (Fsp3) is 0.571. The van der Waals surface area contributed by atoms with Crippen molar-refractivity contribution < 1.29 is 5.11 Å². The Labute approximate surface area is 96.9 Å². The summed E-state index contributed by atoms with van der Waals surface area (Å²) in [5.74, 6) is 0. The van der Waals surface area contributed by atoms with Crippen molar-refractivity contribution in [3.8, 4) is 0 Å². The average molecular weight is 217 g/mol. The van der Waals surface area contributed by atoms with E-state index in [4.69, 9.17) is 0 Å². The van der Waals surface area contributed by atoms with E-state index in [1.165, 1.54) is 19.4 Å². The van der Waals surface area contributed by atoms with Crippen LogP contribution in [0.25, 0.3) is 0 Å². The van der Waals surface area contributed by atoms with Gasteiger partial charge >= 0.3 is 0 Å². The molecule has 2 saturated heterocycles. The highest BCUT2D eigenvalue weighted by atomic mass is 16.3. The average Bonchev–Trinajstić information content (AvgIpc) is 2.77. The van der Waals surface area contributed by atoms with E-state index < -0.39 is 5.60 Å². The van der Waals surface area contributed by atoms with Crippen LogP contribution in [0.3, 0.4) is 0 Å². The minimum Gasteiger partial charge on any atom is -0.385 e. The molecule has 2 heteroatoms. The molecule has 1 N–H and O–H groups in total. The summed E-state index contributed by atoms with van der Waals surface area (Å²) in [5, 5.41) is 10.8. The molecule has 2 aliphatic heterocycles. The lowest BCUT2D eigenvalue weighted by atomic mass is 9.81. The molecule has 0 bridgehead atoms. The zero-order valence-corrected chi connectivity index (χ0v) is 9.60. The Morgan fingerprint density at radius 3 is 2.81 bits per heavy atom. The molecular formula is C14H19NO. The van der Waals surface area contributed by atoms with Gasteiger partial charge in [0, 0.05) is 12.6 Å². The molecule has 0 saturated carbocycles. The number of aliphatic hydroxyl groups is 1. The van der Waals surface area contributed by atoms with E-state index in [1.54, 1.807) is 0 Å². The maximum Gasteiger partial charge on any atom is 0.0923 e. The summed E-state index contributed by atoms with van der Waals surface area (Å²) in [5.41, 5.74) is 0.522. The van der Waals surface area contributed by atoms with Crippen LogP contribution in [0, 0.1) is 0 Å². The SMILES string of the molecule is O[C@@]1(c2ccccc2)CCN2CCC[C@@H]2C1. The largest absolute Gasteiger partial charge is 0.385 e. The molecule has 2 atom stereocenters. The monoisotopic (exact) mass is 217 g/mol. The van der Waals surface area contributed by atoms with Crippen molar-refractivity contribution in [3.63, 3.8) is 0 Å². The molecule has 3 rings (SSSR count). The van der Waals surface area contributed by atoms with Crippen molar-refractivity contribution in [2.45, 2.75) is 37.3 Å². The van der Waals surface area contributed by atoms with Crippen LogP contribution >= 0.6 is 0 Å². The van der Waals surface area contributed by atoms with E-state index in [0.29, 0.717) is 6.04 Å². The molecule has 2 nitrogen and oxygen atoms in total. The predicted octanol–water partition coefficient (Wildman–Crippen LogP) is 2.13. The lowest BCUT2D eigenvalue weighted by molar-refractivity contribution is -0.0408. The van der Waals surface area contributed by atoms with Gasteiger partial charge in [0.25, 0.3) is 0 Å². The Balaban J connectivity index is 1.84. The summed E-state index contributed by atoms with van der Waals surface area (Å²) in [6.07, 6.45) is 4.36. The van der Waals surface area contributed by atoms with E-state index >= 15 is 0 Å². The molecule has 2 aliphatic rings. The van der Waals surface area contributed by atoms with Gasteiger partial charge in [0.2, 0.25) is 0 Å². The van der Waals surface area contributed by atoms with Crippen LogP contribution in [0.1, 0.15) is 31.2 Å². The first-order valence-corrected chi connectivity index (χ1v) is 6.30. The van der Waals surface area contributed by atoms with Gasteiger partial charge in [0.05, 0.1) is 5.60 Å². The number of fused-ring (bicyclic) bond motifs is 1. The van der Waals surface area contributed by atoms with Crippen LogP contribution in [0.2, 0.25) is 0 Å². The Hall–Kier alpha value is -0.860. The van der Waals surface area contributed by atoms with Gasteiger partial charge in [-0.05, 0) is 37.8 Å². The Bertz CT molecular complexity index is 364. The Morgan fingerprint density at radius 2 is 2.00 bits per heavy atom. The van der Waals surface area contributed by atoms with Crippen molar-refractivity contribution in [2.75, 3.05) is 13.1 Å². The molecule has 0 aromatic heterocycles. The highest BCUT2D eigenvalue weighted by Crippen LogP contribution is 2.39. The van der Waals surface area contributed by atoms with Crippen molar-refractivity contribution in [3.05, 3.63) is 35.9 Å². The molecule has 2 fully saturated rings. The smallest absolute Gasteiger partial charge is 0.0923 e. The van der Waals surface area contributed by atoms with Crippen molar-refractivity contribution in [2.24, 2.45) is 0 Å². The first kappa shape index (κ1) is 10.3. The van der Waals surface area contributed by atoms with Crippen LogP contribution in [-0.4, -0.2) is 29.1 Å². The zero-order valence-electron chi connectivity index (χ0n) is 9.60. The minimum absolute atomic E-state index is 0.577. The maximum atomic E-state index is 10.8. The molecule has 86 valence electrons. The molecule has 0 amide bonds. The highest BCUT2D eigenvalue weighted by molar-refractivity contribution is 5.23. The topological polar surface area (TPSA) is 23.5 Å². The number of benzene rings is 1. The zero-order chi connectivity index (χ0) is 11.0. The fourth-order valence-corrected chi connectivity index (χ4v) is 3.25. The molecule has 2 heterocycles. The van der Waals surface area contributed by atoms with Gasteiger partial charge in [-0.15, -0.1) is 0 Å². The fourth-order valence-electron chi connectivity index (χ4n) is 3.25. The van der Waals surface area contributed by atoms with Gasteiger partial charge in [-0.2, -0.15) is 0 Å². The first-order chi connectivity index (χ1) is 7.78. The second kappa shape index (κ2) is 3.86. The van der Waals surface area contributed by atoms with Crippen molar-refractivity contribution in [1.82, 2.24) is 4.90 Å². The van der Waals surface area contributed by atoms with E-state index in [2.05, 4.69) is 17.0 Å². The van der Waals surface area contributed by atoms with Crippen LogP contribution in [0.15, 0.2) is 30.3 Å². The molecule has 1 aromatic rings. The van der Waals surface area contributed by atoms with Crippen LogP contribution in [0.4, 0.5) is 0 Å². The van der Waals surface area contributed by atoms with E-state index in [9.17, 15) is 5.11 Å². The third kappa shape index (κ3) is 1.66. The third-order valence-electron chi connectivity index (χ3n) is 4.20. The van der Waals surface area contributed by atoms with E-state index in [0.717, 1.165) is 24.9 Å². The summed E-state index contributed by atoms with van der Waals surface area (Å²) in [4.78, 5) is 2.54. The van der Waals surface area contributed by atoms with Gasteiger partial charge in [-0.1, -0.05) is 30.3 Å². The van der Waals surface area contributed by atoms with Crippen LogP contribution < -0.4 is 0 Å². The van der Waals surface area contributed by atoms with Crippen LogP contribution in [-0.2, 0) is 5.60 Å². The van der Waals surface area contributed by atoms with Crippen molar-refractivity contribution >= 4 is 0 Å². The second-order valence-electron chi connectivity index (χ2n) is 5.18. The van der Waals surface area contributed by atoms with Crippen LogP contribution in [0.5, 0.6) is 0 Å². The Kier molecular flexibility index (Phi) is 2.49. The highest BCUT2D eigenvalue weighted by Gasteiger charge is 2.40. The predicted molar refractivity (Wildman–Crippen MR) is 64.2 cm³/mol. The summed E-state index contributed by atoms with van der Waals surface area (Å²) >= 11 is 0. The maximum absolute atomic E-state index is 10.8. The minimum atomic E-state index is -0.577. The molecule has 16 heavy (non-hydrogen) atoms. The van der Waals surface area contributed by atoms with Gasteiger partial charge < -0.3 is 10.0 Å². The standard InChI is InChI=1S/C14H19NO/c16-14(12-5-2-1-3-6-12)8-10-15-9-4-7-13(15)11-14/h1-3,5-6,13,16H,4,7-11H2/t13-,14+/m1/s1. The summed E-state index contributed by atoms with van der Waals surface area (Å²) in [7, 11) is 0. The molecule has 0 spiro atoms. The summed E-state index contributed by atoms with van der Waals surface area (Å²) < 4.78 is 0. The molecule has 1 aromatic carbocycles. The molecule has 0 radical (unpaired) electrons. The number of hydrogen-bond donors (Lipinski definition) is 1.